The third-order valence-corrected chi connectivity index (χ3v) is 6.13. The van der Waals surface area contributed by atoms with E-state index in [-0.39, 0.29) is 6.03 Å². The van der Waals surface area contributed by atoms with Gasteiger partial charge in [0.05, 0.1) is 0 Å². The Morgan fingerprint density at radius 3 is 2.52 bits per heavy atom. The molecule has 0 spiro atoms. The first-order valence-corrected chi connectivity index (χ1v) is 9.59. The van der Waals surface area contributed by atoms with Gasteiger partial charge in [0, 0.05) is 18.8 Å². The maximum atomic E-state index is 12.9. The average Bonchev–Trinajstić information content (AvgIpc) is 2.56. The summed E-state index contributed by atoms with van der Waals surface area (Å²) in [5.74, 6) is 1.93. The predicted octanol–water partition coefficient (Wildman–Crippen LogP) is 5.48. The smallest absolute Gasteiger partial charge is 0.320 e. The molecule has 3 aliphatic carbocycles. The van der Waals surface area contributed by atoms with Crippen LogP contribution in [0.15, 0.2) is 35.9 Å². The Morgan fingerprint density at radius 1 is 1.28 bits per heavy atom. The maximum Gasteiger partial charge on any atom is 0.322 e. The fraction of sp³-hybridized carbons (Fsp3) is 0.591. The molecule has 3 aliphatic rings. The number of nitrogens with zero attached hydrogens (tertiary/aromatic N) is 1. The lowest BCUT2D eigenvalue weighted by Gasteiger charge is -2.57. The number of anilines is 1. The van der Waals surface area contributed by atoms with Gasteiger partial charge in [0.15, 0.2) is 0 Å². The van der Waals surface area contributed by atoms with Crippen LogP contribution in [0.4, 0.5) is 10.5 Å². The van der Waals surface area contributed by atoms with Gasteiger partial charge >= 0.3 is 6.03 Å². The van der Waals surface area contributed by atoms with E-state index in [4.69, 9.17) is 0 Å². The van der Waals surface area contributed by atoms with Crippen molar-refractivity contribution in [3.63, 3.8) is 0 Å². The minimum atomic E-state index is 0.0118. The first-order valence-electron chi connectivity index (χ1n) is 9.59. The monoisotopic (exact) mass is 340 g/mol. The quantitative estimate of drug-likeness (QED) is 0.708. The van der Waals surface area contributed by atoms with Crippen LogP contribution in [-0.4, -0.2) is 24.0 Å². The Morgan fingerprint density at radius 2 is 1.96 bits per heavy atom. The highest BCUT2D eigenvalue weighted by Crippen LogP contribution is 2.59. The van der Waals surface area contributed by atoms with E-state index >= 15 is 0 Å². The lowest BCUT2D eigenvalue weighted by Crippen LogP contribution is -2.50. The Balaban J connectivity index is 1.70. The van der Waals surface area contributed by atoms with Crippen molar-refractivity contribution in [1.29, 1.82) is 0 Å². The van der Waals surface area contributed by atoms with Gasteiger partial charge in [0.1, 0.15) is 0 Å². The standard InChI is InChI=1S/C22H32N2O/c1-15(2)13-24(21(25)23-19-10-6-16(3)7-11-19)14-17-8-9-18-12-20(17)22(18,4)5/h6-8,10-11,15,18,20H,9,12-14H2,1-5H3,(H,23,25). The Hall–Kier alpha value is -1.77. The summed E-state index contributed by atoms with van der Waals surface area (Å²) in [6.45, 7) is 12.7. The molecule has 25 heavy (non-hydrogen) atoms. The first-order chi connectivity index (χ1) is 11.8. The summed E-state index contributed by atoms with van der Waals surface area (Å²) in [5.41, 5.74) is 3.94. The van der Waals surface area contributed by atoms with Crippen LogP contribution in [-0.2, 0) is 0 Å². The molecule has 1 N–H and O–H groups in total. The van der Waals surface area contributed by atoms with Crippen LogP contribution < -0.4 is 5.32 Å². The number of carbonyl (C=O) groups excluding carboxylic acids is 1. The van der Waals surface area contributed by atoms with Crippen LogP contribution in [0.25, 0.3) is 0 Å². The van der Waals surface area contributed by atoms with Crippen LogP contribution in [0.1, 0.15) is 46.1 Å². The molecule has 0 aromatic heterocycles. The molecular formula is C22H32N2O. The van der Waals surface area contributed by atoms with E-state index in [9.17, 15) is 4.79 Å². The molecule has 0 heterocycles. The third kappa shape index (κ3) is 3.75. The predicted molar refractivity (Wildman–Crippen MR) is 105 cm³/mol. The van der Waals surface area contributed by atoms with Gasteiger partial charge in [-0.2, -0.15) is 0 Å². The van der Waals surface area contributed by atoms with Crippen molar-refractivity contribution in [1.82, 2.24) is 4.90 Å². The molecule has 1 fully saturated rings. The van der Waals surface area contributed by atoms with Crippen LogP contribution >= 0.6 is 0 Å². The summed E-state index contributed by atoms with van der Waals surface area (Å²) in [5, 5.41) is 3.07. The number of nitrogens with one attached hydrogen (secondary N) is 1. The van der Waals surface area contributed by atoms with Gasteiger partial charge in [-0.1, -0.05) is 57.0 Å². The Kier molecular flexibility index (Phi) is 4.95. The Bertz CT molecular complexity index is 657. The molecule has 3 heteroatoms. The number of aryl methyl sites for hydroxylation is 1. The van der Waals surface area contributed by atoms with Crippen molar-refractivity contribution in [2.75, 3.05) is 18.4 Å². The second-order valence-electron chi connectivity index (χ2n) is 8.89. The molecule has 2 amide bonds. The molecule has 2 atom stereocenters. The summed E-state index contributed by atoms with van der Waals surface area (Å²) >= 11 is 0. The molecule has 1 saturated carbocycles. The van der Waals surface area contributed by atoms with Crippen molar-refractivity contribution >= 4 is 11.7 Å². The number of carbonyl (C=O) groups is 1. The van der Waals surface area contributed by atoms with Crippen LogP contribution in [0, 0.1) is 30.1 Å². The highest BCUT2D eigenvalue weighted by atomic mass is 16.2. The molecule has 4 rings (SSSR count). The molecule has 0 radical (unpaired) electrons. The van der Waals surface area contributed by atoms with E-state index in [2.05, 4.69) is 46.0 Å². The molecule has 1 aromatic rings. The topological polar surface area (TPSA) is 32.3 Å². The number of allylic oxidation sites excluding steroid dienone is 1. The van der Waals surface area contributed by atoms with Crippen LogP contribution in [0.3, 0.4) is 0 Å². The van der Waals surface area contributed by atoms with Gasteiger partial charge in [-0.05, 0) is 55.1 Å². The minimum absolute atomic E-state index is 0.0118. The summed E-state index contributed by atoms with van der Waals surface area (Å²) < 4.78 is 0. The summed E-state index contributed by atoms with van der Waals surface area (Å²) in [7, 11) is 0. The van der Waals surface area contributed by atoms with Gasteiger partial charge in [0.2, 0.25) is 0 Å². The normalized spacial score (nSPS) is 23.7. The SMILES string of the molecule is Cc1ccc(NC(=O)N(CC2=CCC3CC2C3(C)C)CC(C)C)cc1. The maximum absolute atomic E-state index is 12.9. The highest BCUT2D eigenvalue weighted by Gasteiger charge is 2.51. The van der Waals surface area contributed by atoms with Crippen LogP contribution in [0.2, 0.25) is 0 Å². The lowest BCUT2D eigenvalue weighted by atomic mass is 9.49. The minimum Gasteiger partial charge on any atom is -0.320 e. The van der Waals surface area contributed by atoms with Crippen LogP contribution in [0.5, 0.6) is 0 Å². The van der Waals surface area contributed by atoms with E-state index in [0.29, 0.717) is 17.3 Å². The fourth-order valence-corrected chi connectivity index (χ4v) is 4.38. The molecule has 136 valence electrons. The molecule has 0 aliphatic heterocycles. The van der Waals surface area contributed by atoms with E-state index < -0.39 is 0 Å². The molecule has 3 nitrogen and oxygen atoms in total. The molecule has 0 saturated heterocycles. The number of fused-ring (bicyclic) bond motifs is 1. The van der Waals surface area contributed by atoms with E-state index in [1.165, 1.54) is 24.0 Å². The molecule has 2 unspecified atom stereocenters. The van der Waals surface area contributed by atoms with E-state index in [1.54, 1.807) is 0 Å². The van der Waals surface area contributed by atoms with Gasteiger partial charge in [-0.15, -0.1) is 0 Å². The van der Waals surface area contributed by atoms with Crippen molar-refractivity contribution in [2.45, 2.75) is 47.5 Å². The number of urea groups is 1. The highest BCUT2D eigenvalue weighted by molar-refractivity contribution is 5.89. The zero-order valence-electron chi connectivity index (χ0n) is 16.3. The molecule has 2 bridgehead atoms. The summed E-state index contributed by atoms with van der Waals surface area (Å²) in [4.78, 5) is 14.9. The average molecular weight is 341 g/mol. The third-order valence-electron chi connectivity index (χ3n) is 6.13. The number of rotatable bonds is 5. The number of hydrogen-bond donors (Lipinski definition) is 1. The lowest BCUT2D eigenvalue weighted by molar-refractivity contribution is -0.00968. The zero-order chi connectivity index (χ0) is 18.2. The second-order valence-corrected chi connectivity index (χ2v) is 8.89. The van der Waals surface area contributed by atoms with Gasteiger partial charge in [0.25, 0.3) is 0 Å². The summed E-state index contributed by atoms with van der Waals surface area (Å²) in [6.07, 6.45) is 4.87. The fourth-order valence-electron chi connectivity index (χ4n) is 4.38. The number of hydrogen-bond acceptors (Lipinski definition) is 1. The number of amides is 2. The first kappa shape index (κ1) is 18.0. The van der Waals surface area contributed by atoms with Crippen molar-refractivity contribution < 1.29 is 4.79 Å². The van der Waals surface area contributed by atoms with Gasteiger partial charge < -0.3 is 10.2 Å². The van der Waals surface area contributed by atoms with E-state index in [0.717, 1.165) is 24.7 Å². The zero-order valence-corrected chi connectivity index (χ0v) is 16.3. The summed E-state index contributed by atoms with van der Waals surface area (Å²) in [6, 6.07) is 8.02. The van der Waals surface area contributed by atoms with Crippen molar-refractivity contribution in [2.24, 2.45) is 23.2 Å². The second kappa shape index (κ2) is 6.86. The number of benzene rings is 1. The van der Waals surface area contributed by atoms with Gasteiger partial charge in [-0.3, -0.25) is 0 Å². The van der Waals surface area contributed by atoms with Crippen molar-refractivity contribution in [3.8, 4) is 0 Å². The molecular weight excluding hydrogens is 308 g/mol. The van der Waals surface area contributed by atoms with Gasteiger partial charge in [-0.25, -0.2) is 4.79 Å². The largest absolute Gasteiger partial charge is 0.322 e. The molecule has 1 aromatic carbocycles. The van der Waals surface area contributed by atoms with E-state index in [1.807, 2.05) is 29.2 Å². The Labute approximate surface area is 152 Å². The van der Waals surface area contributed by atoms with Crippen molar-refractivity contribution in [3.05, 3.63) is 41.5 Å².